The van der Waals surface area contributed by atoms with Crippen LogP contribution in [-0.4, -0.2) is 31.6 Å². The quantitative estimate of drug-likeness (QED) is 0.284. The van der Waals surface area contributed by atoms with E-state index in [1.54, 1.807) is 23.6 Å². The molecule has 0 N–H and O–H groups in total. The second-order valence-corrected chi connectivity index (χ2v) is 8.34. The second-order valence-electron chi connectivity index (χ2n) is 7.54. The number of benzene rings is 1. The first-order valence-electron chi connectivity index (χ1n) is 9.99. The number of aromatic nitrogens is 3. The van der Waals surface area contributed by atoms with Crippen LogP contribution in [0.15, 0.2) is 52.3 Å². The van der Waals surface area contributed by atoms with Crippen molar-refractivity contribution >= 4 is 32.8 Å². The highest BCUT2D eigenvalue weighted by molar-refractivity contribution is 9.09. The highest BCUT2D eigenvalue weighted by Crippen LogP contribution is 2.19. The molecule has 0 unspecified atom stereocenters. The molecule has 0 saturated carbocycles. The molecule has 0 aliphatic heterocycles. The van der Waals surface area contributed by atoms with Crippen molar-refractivity contribution in [2.45, 2.75) is 45.7 Å². The average molecular weight is 476 g/mol. The fourth-order valence-electron chi connectivity index (χ4n) is 3.50. The van der Waals surface area contributed by atoms with Gasteiger partial charge in [0.1, 0.15) is 5.54 Å². The molecule has 30 heavy (non-hydrogen) atoms. The Kier molecular flexibility index (Phi) is 6.65. The van der Waals surface area contributed by atoms with Crippen LogP contribution in [0.3, 0.4) is 0 Å². The molecule has 8 heteroatoms. The first kappa shape index (κ1) is 22.1. The standard InChI is InChI=1S/C22H26BrN3O4/c1-4-30-20(28)22(2,3)26-19(27)17-15-16(24-12-7-8-13-24)9-10-18(17)25(21(26)29)14-6-5-11-23/h7-10,12-13,15H,4-6,11,14H2,1-3H3. The Bertz CT molecular complexity index is 1160. The third-order valence-corrected chi connectivity index (χ3v) is 5.69. The third-order valence-electron chi connectivity index (χ3n) is 5.13. The zero-order chi connectivity index (χ0) is 21.9. The number of rotatable bonds is 8. The summed E-state index contributed by atoms with van der Waals surface area (Å²) in [5, 5.41) is 1.21. The number of alkyl halides is 1. The van der Waals surface area contributed by atoms with Crippen molar-refractivity contribution in [3.63, 3.8) is 0 Å². The number of esters is 1. The predicted octanol–water partition coefficient (Wildman–Crippen LogP) is 3.43. The van der Waals surface area contributed by atoms with Crippen LogP contribution in [0.2, 0.25) is 0 Å². The van der Waals surface area contributed by atoms with Gasteiger partial charge < -0.3 is 9.30 Å². The van der Waals surface area contributed by atoms with E-state index in [1.165, 1.54) is 13.8 Å². The Hall–Kier alpha value is -2.61. The molecule has 0 radical (unpaired) electrons. The molecule has 2 aromatic heterocycles. The summed E-state index contributed by atoms with van der Waals surface area (Å²) < 4.78 is 9.65. The molecule has 0 aliphatic rings. The van der Waals surface area contributed by atoms with E-state index < -0.39 is 22.8 Å². The first-order valence-corrected chi connectivity index (χ1v) is 11.1. The third kappa shape index (κ3) is 4.01. The molecule has 160 valence electrons. The summed E-state index contributed by atoms with van der Waals surface area (Å²) in [7, 11) is 0. The van der Waals surface area contributed by atoms with Crippen LogP contribution in [0.5, 0.6) is 0 Å². The van der Waals surface area contributed by atoms with Crippen LogP contribution in [0, 0.1) is 0 Å². The van der Waals surface area contributed by atoms with Gasteiger partial charge in [-0.25, -0.2) is 14.2 Å². The average Bonchev–Trinajstić information content (AvgIpc) is 3.25. The number of hydrogen-bond acceptors (Lipinski definition) is 4. The van der Waals surface area contributed by atoms with E-state index in [4.69, 9.17) is 4.74 Å². The van der Waals surface area contributed by atoms with Gasteiger partial charge in [-0.1, -0.05) is 15.9 Å². The predicted molar refractivity (Wildman–Crippen MR) is 121 cm³/mol. The van der Waals surface area contributed by atoms with Crippen molar-refractivity contribution in [3.8, 4) is 5.69 Å². The minimum Gasteiger partial charge on any atom is -0.464 e. The van der Waals surface area contributed by atoms with Gasteiger partial charge in [-0.15, -0.1) is 0 Å². The molecule has 3 rings (SSSR count). The summed E-state index contributed by atoms with van der Waals surface area (Å²) in [6, 6.07) is 9.23. The van der Waals surface area contributed by atoms with Gasteiger partial charge in [0.15, 0.2) is 0 Å². The fraction of sp³-hybridized carbons (Fsp3) is 0.409. The van der Waals surface area contributed by atoms with Crippen molar-refractivity contribution in [2.75, 3.05) is 11.9 Å². The molecule has 0 saturated heterocycles. The molecule has 2 heterocycles. The number of fused-ring (bicyclic) bond motifs is 1. The van der Waals surface area contributed by atoms with E-state index in [0.29, 0.717) is 17.4 Å². The topological polar surface area (TPSA) is 75.2 Å². The Balaban J connectivity index is 2.30. The molecule has 0 fully saturated rings. The number of halogens is 1. The van der Waals surface area contributed by atoms with Gasteiger partial charge in [0.05, 0.1) is 17.5 Å². The zero-order valence-electron chi connectivity index (χ0n) is 17.4. The molecular weight excluding hydrogens is 450 g/mol. The van der Waals surface area contributed by atoms with E-state index in [-0.39, 0.29) is 6.61 Å². The summed E-state index contributed by atoms with van der Waals surface area (Å²) in [4.78, 5) is 39.4. The Morgan fingerprint density at radius 1 is 1.13 bits per heavy atom. The van der Waals surface area contributed by atoms with E-state index in [1.807, 2.05) is 35.2 Å². The summed E-state index contributed by atoms with van der Waals surface area (Å²) in [5.41, 5.74) is -1.08. The minimum absolute atomic E-state index is 0.168. The Morgan fingerprint density at radius 3 is 2.47 bits per heavy atom. The first-order chi connectivity index (χ1) is 14.3. The molecule has 0 spiro atoms. The number of unbranched alkanes of at least 4 members (excludes halogenated alkanes) is 1. The van der Waals surface area contributed by atoms with Crippen LogP contribution in [0.25, 0.3) is 16.6 Å². The Morgan fingerprint density at radius 2 is 1.83 bits per heavy atom. The molecular formula is C22H26BrN3O4. The Labute approximate surface area is 183 Å². The van der Waals surface area contributed by atoms with Gasteiger partial charge in [-0.2, -0.15) is 0 Å². The molecule has 7 nitrogen and oxygen atoms in total. The monoisotopic (exact) mass is 475 g/mol. The lowest BCUT2D eigenvalue weighted by Gasteiger charge is -2.26. The lowest BCUT2D eigenvalue weighted by atomic mass is 10.0. The molecule has 0 aliphatic carbocycles. The highest BCUT2D eigenvalue weighted by Gasteiger charge is 2.35. The summed E-state index contributed by atoms with van der Waals surface area (Å²) in [6.45, 7) is 5.39. The SMILES string of the molecule is CCOC(=O)C(C)(C)n1c(=O)c2cc(-n3cccc3)ccc2n(CCCCBr)c1=O. The van der Waals surface area contributed by atoms with Crippen molar-refractivity contribution in [2.24, 2.45) is 0 Å². The van der Waals surface area contributed by atoms with Crippen molar-refractivity contribution < 1.29 is 9.53 Å². The zero-order valence-corrected chi connectivity index (χ0v) is 19.0. The summed E-state index contributed by atoms with van der Waals surface area (Å²) >= 11 is 3.41. The number of hydrogen-bond donors (Lipinski definition) is 0. The molecule has 0 atom stereocenters. The normalized spacial score (nSPS) is 11.7. The fourth-order valence-corrected chi connectivity index (χ4v) is 3.90. The van der Waals surface area contributed by atoms with Crippen molar-refractivity contribution in [3.05, 3.63) is 63.6 Å². The number of carbonyl (C=O) groups is 1. The molecule has 3 aromatic rings. The van der Waals surface area contributed by atoms with Gasteiger partial charge in [0.2, 0.25) is 0 Å². The van der Waals surface area contributed by atoms with Gasteiger partial charge in [-0.05, 0) is 63.9 Å². The van der Waals surface area contributed by atoms with Crippen molar-refractivity contribution in [1.29, 1.82) is 0 Å². The lowest BCUT2D eigenvalue weighted by Crippen LogP contribution is -2.53. The maximum absolute atomic E-state index is 13.4. The summed E-state index contributed by atoms with van der Waals surface area (Å²) in [6.07, 6.45) is 5.41. The number of aryl methyl sites for hydroxylation is 1. The lowest BCUT2D eigenvalue weighted by molar-refractivity contribution is -0.152. The minimum atomic E-state index is -1.43. The van der Waals surface area contributed by atoms with Crippen LogP contribution >= 0.6 is 15.9 Å². The van der Waals surface area contributed by atoms with Gasteiger partial charge in [-0.3, -0.25) is 9.36 Å². The van der Waals surface area contributed by atoms with Crippen molar-refractivity contribution in [1.82, 2.24) is 13.7 Å². The second kappa shape index (κ2) is 9.04. The van der Waals surface area contributed by atoms with Crippen LogP contribution in [0.1, 0.15) is 33.6 Å². The van der Waals surface area contributed by atoms with E-state index >= 15 is 0 Å². The number of ether oxygens (including phenoxy) is 1. The smallest absolute Gasteiger partial charge is 0.332 e. The summed E-state index contributed by atoms with van der Waals surface area (Å²) in [5.74, 6) is -0.614. The number of nitrogens with zero attached hydrogens (tertiary/aromatic N) is 3. The van der Waals surface area contributed by atoms with Gasteiger partial charge >= 0.3 is 11.7 Å². The van der Waals surface area contributed by atoms with E-state index in [9.17, 15) is 14.4 Å². The van der Waals surface area contributed by atoms with Crippen LogP contribution in [-0.2, 0) is 21.6 Å². The van der Waals surface area contributed by atoms with E-state index in [2.05, 4.69) is 15.9 Å². The molecule has 1 aromatic carbocycles. The van der Waals surface area contributed by atoms with Crippen LogP contribution < -0.4 is 11.2 Å². The van der Waals surface area contributed by atoms with Crippen LogP contribution in [0.4, 0.5) is 0 Å². The van der Waals surface area contributed by atoms with Gasteiger partial charge in [0.25, 0.3) is 5.56 Å². The molecule has 0 amide bonds. The molecule has 0 bridgehead atoms. The maximum atomic E-state index is 13.4. The highest BCUT2D eigenvalue weighted by atomic mass is 79.9. The van der Waals surface area contributed by atoms with Gasteiger partial charge in [0, 0.05) is 30.0 Å². The number of carbonyl (C=O) groups excluding carboxylic acids is 1. The van der Waals surface area contributed by atoms with E-state index in [0.717, 1.165) is 28.4 Å². The largest absolute Gasteiger partial charge is 0.464 e. The maximum Gasteiger partial charge on any atom is 0.332 e.